The summed E-state index contributed by atoms with van der Waals surface area (Å²) in [6.07, 6.45) is 0.355. The Morgan fingerprint density at radius 1 is 1.09 bits per heavy atom. The highest BCUT2D eigenvalue weighted by atomic mass is 19.4. The molecule has 7 rings (SSSR count). The third-order valence-corrected chi connectivity index (χ3v) is 9.49. The highest BCUT2D eigenvalue weighted by Gasteiger charge is 2.44. The van der Waals surface area contributed by atoms with Gasteiger partial charge in [-0.25, -0.2) is 4.98 Å². The molecule has 1 atom stereocenters. The summed E-state index contributed by atoms with van der Waals surface area (Å²) >= 11 is 0. The lowest BCUT2D eigenvalue weighted by Gasteiger charge is -2.35. The van der Waals surface area contributed by atoms with Crippen LogP contribution >= 0.6 is 0 Å². The van der Waals surface area contributed by atoms with Gasteiger partial charge in [0.05, 0.1) is 23.1 Å². The summed E-state index contributed by atoms with van der Waals surface area (Å²) < 4.78 is 48.6. The predicted molar refractivity (Wildman–Crippen MR) is 165 cm³/mol. The van der Waals surface area contributed by atoms with Gasteiger partial charge in [0.25, 0.3) is 0 Å². The van der Waals surface area contributed by atoms with Crippen LogP contribution in [0.25, 0.3) is 11.0 Å². The molecule has 2 fully saturated rings. The highest BCUT2D eigenvalue weighted by Crippen LogP contribution is 2.46. The largest absolute Gasteiger partial charge is 0.457 e. The summed E-state index contributed by atoms with van der Waals surface area (Å²) in [5, 5.41) is 11.3. The van der Waals surface area contributed by atoms with Gasteiger partial charge in [-0.3, -0.25) is 14.7 Å². The number of hydrogen-bond acceptors (Lipinski definition) is 7. The fourth-order valence-corrected chi connectivity index (χ4v) is 6.47. The number of pyridine rings is 2. The topological polar surface area (TPSA) is 97.8 Å². The molecule has 3 aliphatic rings. The van der Waals surface area contributed by atoms with Crippen LogP contribution in [-0.4, -0.2) is 79.9 Å². The van der Waals surface area contributed by atoms with Gasteiger partial charge in [0.2, 0.25) is 5.91 Å². The summed E-state index contributed by atoms with van der Waals surface area (Å²) in [6, 6.07) is 10.4. The number of alkyl halides is 3. The lowest BCUT2D eigenvalue weighted by atomic mass is 9.94. The van der Waals surface area contributed by atoms with E-state index >= 15 is 0 Å². The Labute approximate surface area is 265 Å². The fourth-order valence-electron chi connectivity index (χ4n) is 6.47. The smallest absolute Gasteiger partial charge is 0.418 e. The van der Waals surface area contributed by atoms with Crippen molar-refractivity contribution < 1.29 is 27.8 Å². The number of aromatic amines is 1. The molecule has 2 aliphatic heterocycles. The van der Waals surface area contributed by atoms with Crippen molar-refractivity contribution >= 4 is 16.9 Å². The van der Waals surface area contributed by atoms with Gasteiger partial charge in [-0.2, -0.15) is 13.2 Å². The summed E-state index contributed by atoms with van der Waals surface area (Å²) in [6.45, 7) is 5.36. The molecule has 1 amide bonds. The molecule has 5 heterocycles. The summed E-state index contributed by atoms with van der Waals surface area (Å²) in [5.74, 6) is 0.939. The number of likely N-dealkylation sites (N-methyl/N-ethyl adjacent to an activating group) is 1. The Balaban J connectivity index is 1.06. The Morgan fingerprint density at radius 3 is 2.61 bits per heavy atom. The minimum Gasteiger partial charge on any atom is -0.457 e. The summed E-state index contributed by atoms with van der Waals surface area (Å²) in [7, 11) is 2.00. The van der Waals surface area contributed by atoms with E-state index in [1.54, 1.807) is 17.2 Å². The molecular formula is C34H37F3N6O3. The Kier molecular flexibility index (Phi) is 7.77. The molecule has 9 nitrogen and oxygen atoms in total. The molecule has 0 unspecified atom stereocenters. The zero-order valence-electron chi connectivity index (χ0n) is 25.9. The number of fused-ring (bicyclic) bond motifs is 2. The number of aliphatic hydroxyl groups is 1. The van der Waals surface area contributed by atoms with Crippen LogP contribution in [0.5, 0.6) is 11.5 Å². The van der Waals surface area contributed by atoms with Gasteiger partial charge >= 0.3 is 6.18 Å². The summed E-state index contributed by atoms with van der Waals surface area (Å²) in [5.41, 5.74) is 2.01. The van der Waals surface area contributed by atoms with E-state index in [0.29, 0.717) is 56.0 Å². The van der Waals surface area contributed by atoms with Crippen LogP contribution in [0, 0.1) is 0 Å². The summed E-state index contributed by atoms with van der Waals surface area (Å²) in [4.78, 5) is 31.2. The number of nitrogens with zero attached hydrogens (tertiary/aromatic N) is 5. The number of carbonyl (C=O) groups is 1. The van der Waals surface area contributed by atoms with E-state index in [1.807, 2.05) is 43.1 Å². The van der Waals surface area contributed by atoms with Crippen LogP contribution in [-0.2, 0) is 42.5 Å². The molecule has 1 aromatic carbocycles. The molecule has 0 bridgehead atoms. The van der Waals surface area contributed by atoms with E-state index in [0.717, 1.165) is 41.4 Å². The molecule has 2 N–H and O–H groups in total. The molecule has 0 spiro atoms. The van der Waals surface area contributed by atoms with Crippen molar-refractivity contribution in [2.75, 3.05) is 33.2 Å². The number of aromatic nitrogens is 3. The van der Waals surface area contributed by atoms with E-state index < -0.39 is 17.3 Å². The van der Waals surface area contributed by atoms with Crippen molar-refractivity contribution in [3.8, 4) is 11.5 Å². The van der Waals surface area contributed by atoms with Crippen molar-refractivity contribution in [2.45, 2.75) is 63.5 Å². The number of amides is 1. The first-order chi connectivity index (χ1) is 21.9. The van der Waals surface area contributed by atoms with Crippen molar-refractivity contribution in [3.63, 3.8) is 0 Å². The Bertz CT molecular complexity index is 1780. The normalized spacial score (nSPS) is 20.1. The molecule has 0 radical (unpaired) electrons. The lowest BCUT2D eigenvalue weighted by Crippen LogP contribution is -2.44. The first-order valence-electron chi connectivity index (χ1n) is 15.7. The SMILES string of the molecule is C[C@@H]1Cc2ccc(Oc3ccnc4[nH]c(C5(O)CC5)cc34)cc2CN1C(=O)Cc1cnc(CN2CCN(C)CC2)c(C(F)(F)F)c1. The average molecular weight is 635 g/mol. The highest BCUT2D eigenvalue weighted by molar-refractivity contribution is 5.84. The number of hydrogen-bond donors (Lipinski definition) is 2. The average Bonchev–Trinajstić information content (AvgIpc) is 3.60. The van der Waals surface area contributed by atoms with Crippen LogP contribution in [0.1, 0.15) is 53.4 Å². The van der Waals surface area contributed by atoms with Gasteiger partial charge in [-0.1, -0.05) is 6.07 Å². The van der Waals surface area contributed by atoms with Crippen molar-refractivity contribution in [2.24, 2.45) is 0 Å². The van der Waals surface area contributed by atoms with Crippen LogP contribution in [0.15, 0.2) is 48.8 Å². The van der Waals surface area contributed by atoms with Crippen LogP contribution < -0.4 is 4.74 Å². The molecule has 1 aliphatic carbocycles. The van der Waals surface area contributed by atoms with Gasteiger partial charge < -0.3 is 24.6 Å². The van der Waals surface area contributed by atoms with Crippen molar-refractivity contribution in [3.05, 3.63) is 82.4 Å². The van der Waals surface area contributed by atoms with Crippen molar-refractivity contribution in [1.82, 2.24) is 29.7 Å². The number of nitrogens with one attached hydrogen (secondary N) is 1. The Morgan fingerprint density at radius 2 is 1.87 bits per heavy atom. The van der Waals surface area contributed by atoms with Gasteiger partial charge in [0.1, 0.15) is 22.7 Å². The van der Waals surface area contributed by atoms with E-state index in [9.17, 15) is 23.1 Å². The zero-order valence-corrected chi connectivity index (χ0v) is 25.9. The van der Waals surface area contributed by atoms with Crippen LogP contribution in [0.4, 0.5) is 13.2 Å². The molecule has 3 aromatic heterocycles. The minimum absolute atomic E-state index is 0.00760. The molecule has 12 heteroatoms. The number of benzene rings is 1. The maximum Gasteiger partial charge on any atom is 0.418 e. The Hall–Kier alpha value is -4.00. The first-order valence-corrected chi connectivity index (χ1v) is 15.7. The second kappa shape index (κ2) is 11.7. The third kappa shape index (κ3) is 6.21. The minimum atomic E-state index is -4.57. The number of ether oxygens (including phenoxy) is 1. The van der Waals surface area contributed by atoms with E-state index in [-0.39, 0.29) is 36.2 Å². The maximum absolute atomic E-state index is 14.1. The molecule has 1 saturated carbocycles. The van der Waals surface area contributed by atoms with E-state index in [1.165, 1.54) is 6.20 Å². The number of halogens is 3. The van der Waals surface area contributed by atoms with Gasteiger partial charge in [-0.05, 0) is 80.3 Å². The lowest BCUT2D eigenvalue weighted by molar-refractivity contribution is -0.139. The first kappa shape index (κ1) is 30.6. The monoisotopic (exact) mass is 634 g/mol. The third-order valence-electron chi connectivity index (χ3n) is 9.49. The molecule has 4 aromatic rings. The van der Waals surface area contributed by atoms with Crippen LogP contribution in [0.2, 0.25) is 0 Å². The van der Waals surface area contributed by atoms with E-state index in [4.69, 9.17) is 4.74 Å². The number of carbonyl (C=O) groups excluding carboxylic acids is 1. The predicted octanol–water partition coefficient (Wildman–Crippen LogP) is 5.01. The second-order valence-electron chi connectivity index (χ2n) is 13.0. The number of rotatable bonds is 7. The van der Waals surface area contributed by atoms with Crippen LogP contribution in [0.3, 0.4) is 0 Å². The van der Waals surface area contributed by atoms with Crippen molar-refractivity contribution in [1.29, 1.82) is 0 Å². The maximum atomic E-state index is 14.1. The van der Waals surface area contributed by atoms with E-state index in [2.05, 4.69) is 19.9 Å². The van der Waals surface area contributed by atoms with Gasteiger partial charge in [0.15, 0.2) is 0 Å². The fraction of sp³-hybridized carbons (Fsp3) is 0.441. The number of H-pyrrole nitrogens is 1. The number of piperazine rings is 1. The molecular weight excluding hydrogens is 597 g/mol. The quantitative estimate of drug-likeness (QED) is 0.295. The molecule has 242 valence electrons. The molecule has 1 saturated heterocycles. The van der Waals surface area contributed by atoms with Gasteiger partial charge in [-0.15, -0.1) is 0 Å². The van der Waals surface area contributed by atoms with Gasteiger partial charge in [0, 0.05) is 63.4 Å². The molecule has 46 heavy (non-hydrogen) atoms. The standard InChI is InChI=1S/C34H37F3N6O3/c1-21-13-23-3-4-25(46-29-5-8-38-32-26(29)17-30(40-32)33(45)6-7-33)16-24(23)19-43(21)31(44)15-22-14-27(34(35,36)37)28(39-18-22)20-42-11-9-41(2)10-12-42/h3-5,8,14,16-18,21,45H,6-7,9-13,15,19-20H2,1-2H3,(H,38,40)/t21-/m1/s1. The second-order valence-corrected chi connectivity index (χ2v) is 13.0. The zero-order chi connectivity index (χ0) is 32.2.